The van der Waals surface area contributed by atoms with Crippen molar-refractivity contribution >= 4 is 58.1 Å². The topological polar surface area (TPSA) is 98.8 Å². The van der Waals surface area contributed by atoms with E-state index in [4.69, 9.17) is 0 Å². The minimum atomic E-state index is -0.237. The Balaban J connectivity index is 1.32. The highest BCUT2D eigenvalue weighted by molar-refractivity contribution is 7.99. The molecule has 2 aliphatic rings. The van der Waals surface area contributed by atoms with E-state index in [9.17, 15) is 19.2 Å². The average Bonchev–Trinajstić information content (AvgIpc) is 3.02. The molecule has 184 valence electrons. The van der Waals surface area contributed by atoms with E-state index in [1.807, 2.05) is 50.2 Å². The van der Waals surface area contributed by atoms with Crippen LogP contribution in [0.2, 0.25) is 0 Å². The van der Waals surface area contributed by atoms with E-state index in [-0.39, 0.29) is 48.6 Å². The second kappa shape index (κ2) is 10.9. The van der Waals surface area contributed by atoms with Gasteiger partial charge in [-0.05, 0) is 38.1 Å². The Morgan fingerprint density at radius 3 is 1.60 bits per heavy atom. The molecule has 2 aliphatic heterocycles. The molecular weight excluding hydrogens is 464 g/mol. The first-order chi connectivity index (χ1) is 16.8. The van der Waals surface area contributed by atoms with Crippen molar-refractivity contribution in [2.75, 3.05) is 31.9 Å². The van der Waals surface area contributed by atoms with E-state index < -0.39 is 0 Å². The first-order valence-electron chi connectivity index (χ1n) is 11.8. The summed E-state index contributed by atoms with van der Waals surface area (Å²) < 4.78 is 0. The molecule has 2 aromatic carbocycles. The number of thioether (sulfide) groups is 1. The van der Waals surface area contributed by atoms with Gasteiger partial charge in [0, 0.05) is 49.3 Å². The van der Waals surface area contributed by atoms with Gasteiger partial charge in [0.05, 0.1) is 22.7 Å². The maximum absolute atomic E-state index is 13.1. The molecule has 0 saturated carbocycles. The molecule has 2 aromatic rings. The van der Waals surface area contributed by atoms with Crippen molar-refractivity contribution in [1.29, 1.82) is 0 Å². The van der Waals surface area contributed by atoms with Gasteiger partial charge >= 0.3 is 0 Å². The van der Waals surface area contributed by atoms with E-state index in [0.29, 0.717) is 47.1 Å². The number of anilines is 4. The lowest BCUT2D eigenvalue weighted by Crippen LogP contribution is -2.39. The molecular formula is C26H30N4O4S. The van der Waals surface area contributed by atoms with Crippen molar-refractivity contribution in [2.24, 2.45) is 0 Å². The van der Waals surface area contributed by atoms with Crippen LogP contribution < -0.4 is 20.4 Å². The molecule has 4 rings (SSSR count). The van der Waals surface area contributed by atoms with Gasteiger partial charge in [0.2, 0.25) is 23.6 Å². The average molecular weight is 495 g/mol. The second-order valence-electron chi connectivity index (χ2n) is 8.88. The number of carbonyl (C=O) groups is 4. The molecule has 2 unspecified atom stereocenters. The van der Waals surface area contributed by atoms with Gasteiger partial charge in [0.1, 0.15) is 0 Å². The number of fused-ring (bicyclic) bond motifs is 2. The fraction of sp³-hybridized carbons (Fsp3) is 0.385. The third-order valence-corrected chi connectivity index (χ3v) is 7.16. The molecule has 0 aromatic heterocycles. The standard InChI is InChI=1S/C26H30N4O4S/c1-17-15-23(31)27-19-7-3-5-9-21(19)29(17)25(33)11-13-35-14-12-26(34)30-18(2)16-24(32)28-20-8-4-6-10-22(20)30/h3-10,17-18H,11-16H2,1-2H3,(H,27,31)(H,28,32). The Bertz CT molecular complexity index is 1050. The van der Waals surface area contributed by atoms with Gasteiger partial charge in [-0.3, -0.25) is 19.2 Å². The zero-order valence-electron chi connectivity index (χ0n) is 20.0. The van der Waals surface area contributed by atoms with Crippen LogP contribution in [0.3, 0.4) is 0 Å². The minimum absolute atomic E-state index is 0.0417. The van der Waals surface area contributed by atoms with Crippen molar-refractivity contribution in [1.82, 2.24) is 0 Å². The highest BCUT2D eigenvalue weighted by Gasteiger charge is 2.30. The SMILES string of the molecule is CC1CC(=O)Nc2ccccc2N1C(=O)CCSCCC(=O)N1c2ccccc2NC(=O)CC1C. The molecule has 0 saturated heterocycles. The molecule has 35 heavy (non-hydrogen) atoms. The number of benzene rings is 2. The lowest BCUT2D eigenvalue weighted by atomic mass is 10.1. The Hall–Kier alpha value is -3.33. The predicted molar refractivity (Wildman–Crippen MR) is 140 cm³/mol. The number of nitrogens with zero attached hydrogens (tertiary/aromatic N) is 2. The number of hydrogen-bond donors (Lipinski definition) is 2. The molecule has 9 heteroatoms. The number of carbonyl (C=O) groups excluding carboxylic acids is 4. The molecule has 0 radical (unpaired) electrons. The fourth-order valence-electron chi connectivity index (χ4n) is 4.60. The van der Waals surface area contributed by atoms with Gasteiger partial charge in [-0.25, -0.2) is 0 Å². The van der Waals surface area contributed by atoms with Crippen LogP contribution in [0, 0.1) is 0 Å². The molecule has 4 amide bonds. The number of amides is 4. The van der Waals surface area contributed by atoms with Gasteiger partial charge < -0.3 is 20.4 Å². The Morgan fingerprint density at radius 1 is 0.771 bits per heavy atom. The van der Waals surface area contributed by atoms with E-state index in [2.05, 4.69) is 10.6 Å². The fourth-order valence-corrected chi connectivity index (χ4v) is 5.44. The zero-order valence-corrected chi connectivity index (χ0v) is 20.8. The third-order valence-electron chi connectivity index (χ3n) is 6.18. The van der Waals surface area contributed by atoms with Crippen LogP contribution in [0.25, 0.3) is 0 Å². The van der Waals surface area contributed by atoms with E-state index in [0.717, 1.165) is 0 Å². The molecule has 2 atom stereocenters. The Labute approximate surface area is 209 Å². The van der Waals surface area contributed by atoms with Crippen LogP contribution >= 0.6 is 11.8 Å². The van der Waals surface area contributed by atoms with Crippen LogP contribution in [0.4, 0.5) is 22.7 Å². The van der Waals surface area contributed by atoms with Crippen molar-refractivity contribution in [3.63, 3.8) is 0 Å². The molecule has 0 spiro atoms. The summed E-state index contributed by atoms with van der Waals surface area (Å²) in [6.07, 6.45) is 1.12. The van der Waals surface area contributed by atoms with Crippen LogP contribution in [-0.2, 0) is 19.2 Å². The molecule has 2 heterocycles. The number of hydrogen-bond acceptors (Lipinski definition) is 5. The quantitative estimate of drug-likeness (QED) is 0.591. The predicted octanol–water partition coefficient (Wildman–Crippen LogP) is 4.03. The van der Waals surface area contributed by atoms with Crippen molar-refractivity contribution < 1.29 is 19.2 Å². The molecule has 0 fully saturated rings. The summed E-state index contributed by atoms with van der Waals surface area (Å²) in [5.41, 5.74) is 2.72. The Morgan fingerprint density at radius 2 is 1.17 bits per heavy atom. The summed E-state index contributed by atoms with van der Waals surface area (Å²) in [7, 11) is 0. The van der Waals surface area contributed by atoms with Gasteiger partial charge in [-0.2, -0.15) is 11.8 Å². The van der Waals surface area contributed by atoms with Gasteiger partial charge in [-0.1, -0.05) is 24.3 Å². The number of para-hydroxylation sites is 4. The van der Waals surface area contributed by atoms with Crippen LogP contribution in [-0.4, -0.2) is 47.2 Å². The van der Waals surface area contributed by atoms with Crippen molar-refractivity contribution in [3.05, 3.63) is 48.5 Å². The van der Waals surface area contributed by atoms with Crippen molar-refractivity contribution in [2.45, 2.75) is 51.6 Å². The summed E-state index contributed by atoms with van der Waals surface area (Å²) in [5.74, 6) is 0.861. The normalized spacial score (nSPS) is 19.6. The smallest absolute Gasteiger partial charge is 0.228 e. The van der Waals surface area contributed by atoms with E-state index >= 15 is 0 Å². The monoisotopic (exact) mass is 494 g/mol. The molecule has 8 nitrogen and oxygen atoms in total. The molecule has 0 bridgehead atoms. The first-order valence-corrected chi connectivity index (χ1v) is 13.0. The van der Waals surface area contributed by atoms with Crippen molar-refractivity contribution in [3.8, 4) is 0 Å². The maximum Gasteiger partial charge on any atom is 0.228 e. The first kappa shape index (κ1) is 24.8. The van der Waals surface area contributed by atoms with Crippen LogP contribution in [0.5, 0.6) is 0 Å². The lowest BCUT2D eigenvalue weighted by Gasteiger charge is -2.28. The number of nitrogens with one attached hydrogen (secondary N) is 2. The zero-order chi connectivity index (χ0) is 24.9. The second-order valence-corrected chi connectivity index (χ2v) is 10.1. The minimum Gasteiger partial charge on any atom is -0.324 e. The number of rotatable bonds is 6. The highest BCUT2D eigenvalue weighted by atomic mass is 32.2. The summed E-state index contributed by atoms with van der Waals surface area (Å²) in [4.78, 5) is 53.9. The summed E-state index contributed by atoms with van der Waals surface area (Å²) >= 11 is 1.55. The van der Waals surface area contributed by atoms with Gasteiger partial charge in [-0.15, -0.1) is 0 Å². The summed E-state index contributed by atoms with van der Waals surface area (Å²) in [5, 5.41) is 5.74. The largest absolute Gasteiger partial charge is 0.324 e. The summed E-state index contributed by atoms with van der Waals surface area (Å²) in [6.45, 7) is 3.76. The Kier molecular flexibility index (Phi) is 7.75. The van der Waals surface area contributed by atoms with Crippen LogP contribution in [0.1, 0.15) is 39.5 Å². The lowest BCUT2D eigenvalue weighted by molar-refractivity contribution is -0.120. The third kappa shape index (κ3) is 5.67. The van der Waals surface area contributed by atoms with Gasteiger partial charge in [0.15, 0.2) is 0 Å². The van der Waals surface area contributed by atoms with Gasteiger partial charge in [0.25, 0.3) is 0 Å². The molecule has 0 aliphatic carbocycles. The van der Waals surface area contributed by atoms with E-state index in [1.54, 1.807) is 33.7 Å². The summed E-state index contributed by atoms with van der Waals surface area (Å²) in [6, 6.07) is 14.2. The highest BCUT2D eigenvalue weighted by Crippen LogP contribution is 2.33. The maximum atomic E-state index is 13.1. The molecule has 2 N–H and O–H groups in total. The van der Waals surface area contributed by atoms with Crippen LogP contribution in [0.15, 0.2) is 48.5 Å². The van der Waals surface area contributed by atoms with E-state index in [1.165, 1.54) is 0 Å².